The number of allylic oxidation sites excluding steroid dienone is 1. The zero-order valence-corrected chi connectivity index (χ0v) is 14.4. The zero-order valence-electron chi connectivity index (χ0n) is 14.4. The molecule has 0 spiro atoms. The summed E-state index contributed by atoms with van der Waals surface area (Å²) in [7, 11) is 0. The van der Waals surface area contributed by atoms with E-state index in [2.05, 4.69) is 55.0 Å². The van der Waals surface area contributed by atoms with Gasteiger partial charge in [-0.25, -0.2) is 0 Å². The molecular formula is C18H37N. The topological polar surface area (TPSA) is 26.0 Å². The Morgan fingerprint density at radius 1 is 0.895 bits per heavy atom. The van der Waals surface area contributed by atoms with Crippen molar-refractivity contribution in [1.82, 2.24) is 0 Å². The molecule has 0 aliphatic rings. The predicted molar refractivity (Wildman–Crippen MR) is 88.1 cm³/mol. The maximum Gasteiger partial charge on any atom is -0.00489 e. The van der Waals surface area contributed by atoms with Gasteiger partial charge in [-0.1, -0.05) is 60.6 Å². The van der Waals surface area contributed by atoms with Crippen molar-refractivity contribution in [2.75, 3.05) is 6.54 Å². The molecule has 0 amide bonds. The lowest BCUT2D eigenvalue weighted by Crippen LogP contribution is -2.30. The fourth-order valence-electron chi connectivity index (χ4n) is 3.02. The molecule has 0 bridgehead atoms. The van der Waals surface area contributed by atoms with Gasteiger partial charge in [-0.3, -0.25) is 0 Å². The molecule has 0 radical (unpaired) electrons. The third-order valence-electron chi connectivity index (χ3n) is 5.70. The van der Waals surface area contributed by atoms with Crippen LogP contribution in [0.3, 0.4) is 0 Å². The van der Waals surface area contributed by atoms with Crippen LogP contribution in [0.5, 0.6) is 0 Å². The van der Waals surface area contributed by atoms with E-state index in [1.807, 2.05) is 0 Å². The average Bonchev–Trinajstić information content (AvgIpc) is 2.42. The number of hydrogen-bond acceptors (Lipinski definition) is 1. The minimum absolute atomic E-state index is 0.618. The highest BCUT2D eigenvalue weighted by Crippen LogP contribution is 2.34. The molecule has 0 fully saturated rings. The molecule has 0 aromatic heterocycles. The van der Waals surface area contributed by atoms with Crippen LogP contribution in [0.4, 0.5) is 0 Å². The molecule has 114 valence electrons. The van der Waals surface area contributed by atoms with Crippen molar-refractivity contribution in [2.45, 2.75) is 61.3 Å². The summed E-state index contributed by atoms with van der Waals surface area (Å²) in [6, 6.07) is 0. The number of nitrogens with two attached hydrogens (primary N) is 1. The van der Waals surface area contributed by atoms with E-state index >= 15 is 0 Å². The summed E-state index contributed by atoms with van der Waals surface area (Å²) in [5.41, 5.74) is 7.21. The molecule has 6 unspecified atom stereocenters. The van der Waals surface area contributed by atoms with Crippen molar-refractivity contribution in [3.8, 4) is 0 Å². The van der Waals surface area contributed by atoms with Gasteiger partial charge in [0, 0.05) is 0 Å². The maximum atomic E-state index is 5.81. The first-order valence-corrected chi connectivity index (χ1v) is 8.13. The van der Waals surface area contributed by atoms with Gasteiger partial charge in [-0.05, 0) is 54.9 Å². The fraction of sp³-hybridized carbons (Fsp3) is 0.889. The van der Waals surface area contributed by atoms with Gasteiger partial charge >= 0.3 is 0 Å². The van der Waals surface area contributed by atoms with Gasteiger partial charge in [-0.15, -0.1) is 0 Å². The van der Waals surface area contributed by atoms with Gasteiger partial charge in [0.05, 0.1) is 0 Å². The van der Waals surface area contributed by atoms with E-state index < -0.39 is 0 Å². The third kappa shape index (κ3) is 5.69. The van der Waals surface area contributed by atoms with Gasteiger partial charge in [-0.2, -0.15) is 0 Å². The molecule has 0 aliphatic carbocycles. The summed E-state index contributed by atoms with van der Waals surface area (Å²) >= 11 is 0. The summed E-state index contributed by atoms with van der Waals surface area (Å²) in [4.78, 5) is 0. The molecule has 6 atom stereocenters. The predicted octanol–water partition coefficient (Wildman–Crippen LogP) is 5.12. The van der Waals surface area contributed by atoms with Crippen molar-refractivity contribution in [3.05, 3.63) is 12.2 Å². The molecular weight excluding hydrogens is 230 g/mol. The lowest BCUT2D eigenvalue weighted by molar-refractivity contribution is 0.160. The number of hydrogen-bond donors (Lipinski definition) is 1. The average molecular weight is 268 g/mol. The quantitative estimate of drug-likeness (QED) is 0.577. The van der Waals surface area contributed by atoms with Crippen LogP contribution in [0.15, 0.2) is 12.2 Å². The molecule has 1 heteroatoms. The molecule has 0 aromatic rings. The van der Waals surface area contributed by atoms with Crippen LogP contribution < -0.4 is 5.73 Å². The highest BCUT2D eigenvalue weighted by molar-refractivity contribution is 4.98. The van der Waals surface area contributed by atoms with Crippen molar-refractivity contribution in [3.63, 3.8) is 0 Å². The highest BCUT2D eigenvalue weighted by Gasteiger charge is 2.27. The van der Waals surface area contributed by atoms with Gasteiger partial charge in [0.2, 0.25) is 0 Å². The second-order valence-corrected chi connectivity index (χ2v) is 6.92. The normalized spacial score (nSPS) is 21.3. The molecule has 0 rings (SSSR count). The SMILES string of the molecule is C=C(CC)C(C)CC(C)C(C)C(C)C(C)C(C)CN. The van der Waals surface area contributed by atoms with Gasteiger partial charge < -0.3 is 5.73 Å². The first-order chi connectivity index (χ1) is 8.76. The van der Waals surface area contributed by atoms with Crippen LogP contribution in [-0.4, -0.2) is 6.54 Å². The van der Waals surface area contributed by atoms with Gasteiger partial charge in [0.1, 0.15) is 0 Å². The van der Waals surface area contributed by atoms with Crippen molar-refractivity contribution in [1.29, 1.82) is 0 Å². The molecule has 19 heavy (non-hydrogen) atoms. The Bertz CT molecular complexity index is 258. The largest absolute Gasteiger partial charge is 0.330 e. The molecule has 0 saturated carbocycles. The van der Waals surface area contributed by atoms with Crippen molar-refractivity contribution in [2.24, 2.45) is 41.2 Å². The zero-order chi connectivity index (χ0) is 15.2. The summed E-state index contributed by atoms with van der Waals surface area (Å²) in [5.74, 6) is 4.20. The first-order valence-electron chi connectivity index (χ1n) is 8.13. The smallest absolute Gasteiger partial charge is 0.00489 e. The Morgan fingerprint density at radius 3 is 1.79 bits per heavy atom. The third-order valence-corrected chi connectivity index (χ3v) is 5.70. The van der Waals surface area contributed by atoms with E-state index in [0.717, 1.165) is 30.7 Å². The van der Waals surface area contributed by atoms with Crippen LogP contribution in [0, 0.1) is 35.5 Å². The van der Waals surface area contributed by atoms with Gasteiger partial charge in [0.25, 0.3) is 0 Å². The Hall–Kier alpha value is -0.300. The van der Waals surface area contributed by atoms with Crippen molar-refractivity contribution < 1.29 is 0 Å². The van der Waals surface area contributed by atoms with E-state index in [1.54, 1.807) is 0 Å². The summed E-state index contributed by atoms with van der Waals surface area (Å²) in [6.07, 6.45) is 2.38. The van der Waals surface area contributed by atoms with Crippen LogP contribution in [-0.2, 0) is 0 Å². The molecule has 0 aliphatic heterocycles. The molecule has 0 heterocycles. The monoisotopic (exact) mass is 267 g/mol. The van der Waals surface area contributed by atoms with E-state index in [-0.39, 0.29) is 0 Å². The fourth-order valence-corrected chi connectivity index (χ4v) is 3.02. The van der Waals surface area contributed by atoms with Crippen LogP contribution in [0.1, 0.15) is 61.3 Å². The molecule has 0 aromatic carbocycles. The van der Waals surface area contributed by atoms with E-state index in [1.165, 1.54) is 12.0 Å². The molecule has 0 saturated heterocycles. The minimum atomic E-state index is 0.618. The summed E-state index contributed by atoms with van der Waals surface area (Å²) in [6.45, 7) is 21.4. The first kappa shape index (κ1) is 18.7. The number of rotatable bonds is 9. The molecule has 2 N–H and O–H groups in total. The Labute approximate surface area is 122 Å². The maximum absolute atomic E-state index is 5.81. The van der Waals surface area contributed by atoms with Crippen LogP contribution in [0.2, 0.25) is 0 Å². The highest BCUT2D eigenvalue weighted by atomic mass is 14.6. The second kappa shape index (κ2) is 8.79. The lowest BCUT2D eigenvalue weighted by atomic mass is 9.71. The second-order valence-electron chi connectivity index (χ2n) is 6.92. The summed E-state index contributed by atoms with van der Waals surface area (Å²) < 4.78 is 0. The van der Waals surface area contributed by atoms with E-state index in [9.17, 15) is 0 Å². The van der Waals surface area contributed by atoms with E-state index in [4.69, 9.17) is 5.73 Å². The van der Waals surface area contributed by atoms with E-state index in [0.29, 0.717) is 17.8 Å². The lowest BCUT2D eigenvalue weighted by Gasteiger charge is -2.34. The van der Waals surface area contributed by atoms with Gasteiger partial charge in [0.15, 0.2) is 0 Å². The van der Waals surface area contributed by atoms with Crippen LogP contribution >= 0.6 is 0 Å². The standard InChI is InChI=1S/C18H37N/c1-9-12(2)13(3)10-14(4)16(6)18(8)17(7)15(5)11-19/h13-18H,2,9-11,19H2,1,3-8H3. The van der Waals surface area contributed by atoms with Crippen molar-refractivity contribution >= 4 is 0 Å². The Morgan fingerprint density at radius 2 is 1.37 bits per heavy atom. The molecule has 1 nitrogen and oxygen atoms in total. The Kier molecular flexibility index (Phi) is 8.65. The minimum Gasteiger partial charge on any atom is -0.330 e. The summed E-state index contributed by atoms with van der Waals surface area (Å²) in [5, 5.41) is 0. The van der Waals surface area contributed by atoms with Crippen LogP contribution in [0.25, 0.3) is 0 Å². The Balaban J connectivity index is 4.47.